The van der Waals surface area contributed by atoms with Crippen molar-refractivity contribution in [3.05, 3.63) is 125 Å². The third kappa shape index (κ3) is 7.96. The van der Waals surface area contributed by atoms with Crippen molar-refractivity contribution in [2.24, 2.45) is 0 Å². The van der Waals surface area contributed by atoms with E-state index in [-0.39, 0.29) is 5.41 Å². The third-order valence-electron chi connectivity index (χ3n) is 12.3. The Labute approximate surface area is 323 Å². The molecule has 0 bridgehead atoms. The Bertz CT molecular complexity index is 1580. The molecule has 4 aromatic carbocycles. The average Bonchev–Trinajstić information content (AvgIpc) is 3.74. The average molecular weight is 822 g/mol. The minimum atomic E-state index is -1.82. The molecule has 0 amide bonds. The number of rotatable bonds is 16. The van der Waals surface area contributed by atoms with Crippen molar-refractivity contribution < 1.29 is 29.7 Å². The Hall–Kier alpha value is -1.30. The Morgan fingerprint density at radius 1 is 0.600 bits per heavy atom. The molecule has 0 fully saturated rings. The van der Waals surface area contributed by atoms with Gasteiger partial charge < -0.3 is 8.85 Å². The number of halogens is 2. The van der Waals surface area contributed by atoms with Gasteiger partial charge in [-0.25, -0.2) is 6.61 Å². The van der Waals surface area contributed by atoms with Crippen molar-refractivity contribution in [3.8, 4) is 22.3 Å². The molecule has 6 rings (SSSR count). The molecule has 0 unspecified atom stereocenters. The molecule has 0 N–H and O–H groups in total. The van der Waals surface area contributed by atoms with E-state index in [9.17, 15) is 0 Å². The first-order valence-electron chi connectivity index (χ1n) is 18.8. The van der Waals surface area contributed by atoms with Gasteiger partial charge in [0, 0.05) is 6.61 Å². The summed E-state index contributed by atoms with van der Waals surface area (Å²) in [6, 6.07) is 39.3. The van der Waals surface area contributed by atoms with Crippen LogP contribution in [-0.2, 0) is 48.0 Å². The third-order valence-corrected chi connectivity index (χ3v) is 21.5. The van der Waals surface area contributed by atoms with E-state index in [0.717, 1.165) is 50.4 Å². The second-order valence-corrected chi connectivity index (χ2v) is 27.3. The molecule has 2 nitrogen and oxygen atoms in total. The van der Waals surface area contributed by atoms with Crippen LogP contribution in [0.15, 0.2) is 84.9 Å². The summed E-state index contributed by atoms with van der Waals surface area (Å²) in [6.45, 7) is 17.1. The maximum atomic E-state index is 7.14. The van der Waals surface area contributed by atoms with Crippen molar-refractivity contribution in [3.63, 3.8) is 0 Å². The van der Waals surface area contributed by atoms with Gasteiger partial charge in [0.25, 0.3) is 0 Å². The predicted molar refractivity (Wildman–Crippen MR) is 217 cm³/mol. The Morgan fingerprint density at radius 3 is 1.46 bits per heavy atom. The fourth-order valence-electron chi connectivity index (χ4n) is 8.81. The molecular weight excluding hydrogens is 767 g/mol. The van der Waals surface area contributed by atoms with Gasteiger partial charge >= 0.3 is 37.9 Å². The van der Waals surface area contributed by atoms with Gasteiger partial charge in [0.15, 0.2) is 16.6 Å². The van der Waals surface area contributed by atoms with Crippen LogP contribution in [0.5, 0.6) is 0 Å². The zero-order valence-electron chi connectivity index (χ0n) is 31.0. The fraction of sp³-hybridized carbons (Fsp3) is 0.419. The Balaban J connectivity index is 0.00000156. The van der Waals surface area contributed by atoms with Gasteiger partial charge in [0.2, 0.25) is 0 Å². The molecule has 0 aliphatic heterocycles. The van der Waals surface area contributed by atoms with Gasteiger partial charge in [-0.05, 0) is 117 Å². The second kappa shape index (κ2) is 18.2. The molecule has 0 saturated heterocycles. The summed E-state index contributed by atoms with van der Waals surface area (Å²) in [6.07, 6.45) is 3.76. The molecule has 0 aromatic heterocycles. The zero-order chi connectivity index (χ0) is 35.8. The SMILES string of the molecule is CC[Si](CC)(CC)O[CH-]CC(CCO[Si](CC)(CC)CC)(c1cccc2c1Cc1ccccc1-2)c1cccc2c1Cc1ccccc1-2.[Cl][Zr][Cl]. The van der Waals surface area contributed by atoms with Gasteiger partial charge in [-0.1, -0.05) is 126 Å². The van der Waals surface area contributed by atoms with Gasteiger partial charge in [0.05, 0.1) is 0 Å². The van der Waals surface area contributed by atoms with Crippen LogP contribution in [0.4, 0.5) is 0 Å². The van der Waals surface area contributed by atoms with Crippen LogP contribution in [0.3, 0.4) is 0 Å². The summed E-state index contributed by atoms with van der Waals surface area (Å²) in [5.74, 6) is 0. The molecule has 0 heterocycles. The van der Waals surface area contributed by atoms with Crippen molar-refractivity contribution in [1.82, 2.24) is 0 Å². The number of benzene rings is 4. The molecule has 0 spiro atoms. The molecular formula is C43H55Cl2O2Si2Zr-. The second-order valence-electron chi connectivity index (χ2n) is 14.1. The fourth-order valence-corrected chi connectivity index (χ4v) is 13.9. The van der Waals surface area contributed by atoms with E-state index in [1.807, 2.05) is 0 Å². The zero-order valence-corrected chi connectivity index (χ0v) is 37.0. The van der Waals surface area contributed by atoms with E-state index in [4.69, 9.17) is 25.9 Å². The van der Waals surface area contributed by atoms with Crippen molar-refractivity contribution in [2.75, 3.05) is 6.61 Å². The topological polar surface area (TPSA) is 18.5 Å². The van der Waals surface area contributed by atoms with E-state index in [1.54, 1.807) is 0 Å². The van der Waals surface area contributed by atoms with Gasteiger partial charge in [-0.15, -0.1) is 6.42 Å². The quantitative estimate of drug-likeness (QED) is 0.0715. The van der Waals surface area contributed by atoms with Gasteiger partial charge in [-0.3, -0.25) is 0 Å². The predicted octanol–water partition coefficient (Wildman–Crippen LogP) is 13.5. The van der Waals surface area contributed by atoms with Crippen molar-refractivity contribution in [1.29, 1.82) is 0 Å². The molecule has 0 saturated carbocycles. The summed E-state index contributed by atoms with van der Waals surface area (Å²) in [4.78, 5) is 0. The van der Waals surface area contributed by atoms with Gasteiger partial charge in [0.1, 0.15) is 0 Å². The van der Waals surface area contributed by atoms with E-state index >= 15 is 0 Å². The first-order chi connectivity index (χ1) is 24.3. The molecule has 266 valence electrons. The first kappa shape index (κ1) is 39.9. The Morgan fingerprint density at radius 2 is 1.02 bits per heavy atom. The van der Waals surface area contributed by atoms with Crippen LogP contribution >= 0.6 is 17.0 Å². The van der Waals surface area contributed by atoms with Crippen LogP contribution in [0.1, 0.15) is 87.8 Å². The molecule has 7 heteroatoms. The van der Waals surface area contributed by atoms with Gasteiger partial charge in [-0.2, -0.15) is 0 Å². The van der Waals surface area contributed by atoms with E-state index in [0.29, 0.717) is 0 Å². The molecule has 0 radical (unpaired) electrons. The van der Waals surface area contributed by atoms with E-state index in [1.165, 1.54) is 73.8 Å². The first-order valence-corrected chi connectivity index (χ1v) is 30.2. The summed E-state index contributed by atoms with van der Waals surface area (Å²) >= 11 is -0.826. The van der Waals surface area contributed by atoms with Crippen LogP contribution in [0.2, 0.25) is 36.3 Å². The normalized spacial score (nSPS) is 13.2. The van der Waals surface area contributed by atoms with Crippen molar-refractivity contribution in [2.45, 2.75) is 109 Å². The summed E-state index contributed by atoms with van der Waals surface area (Å²) in [5.41, 5.74) is 14.1. The number of fused-ring (bicyclic) bond motifs is 6. The van der Waals surface area contributed by atoms with Crippen LogP contribution in [0, 0.1) is 6.61 Å². The van der Waals surface area contributed by atoms with E-state index in [2.05, 4.69) is 133 Å². The van der Waals surface area contributed by atoms with Crippen LogP contribution < -0.4 is 0 Å². The van der Waals surface area contributed by atoms with Crippen LogP contribution in [-0.4, -0.2) is 23.2 Å². The standard InChI is InChI=1S/C43H55O2Si2.2ClH.Zr/c1-7-46(8-2,9-3)44-29-27-43(28-30-45-47(10-4,11-5)12-6,41-25-17-23-37-35-21-15-13-19-33(35)31-39(37)41)42-26-18-24-38-36-22-16-14-20-34(36)32-40(38)42;;;/h13-26,29H,7-12,27-28,30-32H2,1-6H3;2*1H;/q-1;;;+2/p-2. The summed E-state index contributed by atoms with van der Waals surface area (Å²) < 4.78 is 14.2. The van der Waals surface area contributed by atoms with Crippen LogP contribution in [0.25, 0.3) is 22.3 Å². The number of hydrogen-bond acceptors (Lipinski definition) is 2. The maximum absolute atomic E-state index is 7.14. The monoisotopic (exact) mass is 819 g/mol. The van der Waals surface area contributed by atoms with E-state index < -0.39 is 37.5 Å². The molecule has 2 aliphatic rings. The number of hydrogen-bond donors (Lipinski definition) is 0. The summed E-state index contributed by atoms with van der Waals surface area (Å²) in [7, 11) is 6.27. The van der Waals surface area contributed by atoms with Crippen molar-refractivity contribution >= 4 is 33.7 Å². The molecule has 2 aliphatic carbocycles. The minimum absolute atomic E-state index is 0.272. The molecule has 0 atom stereocenters. The Kier molecular flexibility index (Phi) is 14.5. The molecule has 4 aromatic rings. The molecule has 50 heavy (non-hydrogen) atoms. The summed E-state index contributed by atoms with van der Waals surface area (Å²) in [5, 5.41) is 0.